The van der Waals surface area contributed by atoms with Crippen LogP contribution in [0.1, 0.15) is 15.9 Å². The SMILES string of the molecule is O=Cc1ccc(C/C=C/F)cc1. The average molecular weight is 164 g/mol. The van der Waals surface area contributed by atoms with E-state index in [1.165, 1.54) is 6.08 Å². The summed E-state index contributed by atoms with van der Waals surface area (Å²) in [5, 5.41) is 0. The van der Waals surface area contributed by atoms with Crippen molar-refractivity contribution in [2.75, 3.05) is 0 Å². The standard InChI is InChI=1S/C10H9FO/c11-7-1-2-9-3-5-10(8-12)6-4-9/h1,3-8H,2H2/b7-1+. The van der Waals surface area contributed by atoms with Gasteiger partial charge in [0, 0.05) is 5.56 Å². The summed E-state index contributed by atoms with van der Waals surface area (Å²) in [5.74, 6) is 0. The van der Waals surface area contributed by atoms with Gasteiger partial charge in [0.05, 0.1) is 6.33 Å². The molecule has 1 aromatic carbocycles. The second-order valence-corrected chi connectivity index (χ2v) is 2.43. The Labute approximate surface area is 70.5 Å². The van der Waals surface area contributed by atoms with Crippen molar-refractivity contribution in [3.8, 4) is 0 Å². The molecule has 0 aliphatic rings. The van der Waals surface area contributed by atoms with Gasteiger partial charge in [-0.05, 0) is 12.0 Å². The normalized spacial score (nSPS) is 10.4. The lowest BCUT2D eigenvalue weighted by molar-refractivity contribution is 0.112. The zero-order valence-electron chi connectivity index (χ0n) is 6.53. The fourth-order valence-electron chi connectivity index (χ4n) is 0.913. The second-order valence-electron chi connectivity index (χ2n) is 2.43. The molecule has 0 atom stereocenters. The predicted molar refractivity (Wildman–Crippen MR) is 45.8 cm³/mol. The summed E-state index contributed by atoms with van der Waals surface area (Å²) in [4.78, 5) is 10.3. The molecule has 2 heteroatoms. The first-order chi connectivity index (χ1) is 5.86. The van der Waals surface area contributed by atoms with E-state index < -0.39 is 0 Å². The maximum atomic E-state index is 11.6. The van der Waals surface area contributed by atoms with Gasteiger partial charge in [-0.15, -0.1) is 0 Å². The zero-order chi connectivity index (χ0) is 8.81. The number of benzene rings is 1. The number of rotatable bonds is 3. The van der Waals surface area contributed by atoms with Crippen LogP contribution in [0.5, 0.6) is 0 Å². The van der Waals surface area contributed by atoms with E-state index in [2.05, 4.69) is 0 Å². The largest absolute Gasteiger partial charge is 0.298 e. The first-order valence-electron chi connectivity index (χ1n) is 3.66. The van der Waals surface area contributed by atoms with Gasteiger partial charge < -0.3 is 0 Å². The van der Waals surface area contributed by atoms with E-state index in [9.17, 15) is 9.18 Å². The second kappa shape index (κ2) is 4.44. The Kier molecular flexibility index (Phi) is 3.20. The maximum Gasteiger partial charge on any atom is 0.150 e. The molecule has 0 unspecified atom stereocenters. The summed E-state index contributed by atoms with van der Waals surface area (Å²) >= 11 is 0. The maximum absolute atomic E-state index is 11.6. The minimum absolute atomic E-state index is 0.521. The van der Waals surface area contributed by atoms with E-state index in [1.54, 1.807) is 12.1 Å². The molecule has 0 aliphatic carbocycles. The molecule has 0 saturated heterocycles. The molecule has 0 radical (unpaired) electrons. The molecule has 0 aromatic heterocycles. The molecule has 1 nitrogen and oxygen atoms in total. The van der Waals surface area contributed by atoms with Gasteiger partial charge in [0.15, 0.2) is 0 Å². The third kappa shape index (κ3) is 2.31. The van der Waals surface area contributed by atoms with Crippen LogP contribution in [0.2, 0.25) is 0 Å². The lowest BCUT2D eigenvalue weighted by Gasteiger charge is -1.94. The van der Waals surface area contributed by atoms with Crippen LogP contribution < -0.4 is 0 Å². The fraction of sp³-hybridized carbons (Fsp3) is 0.100. The quantitative estimate of drug-likeness (QED) is 0.627. The highest BCUT2D eigenvalue weighted by Gasteiger charge is 1.90. The topological polar surface area (TPSA) is 17.1 Å². The number of allylic oxidation sites excluding steroid dienone is 1. The van der Waals surface area contributed by atoms with Crippen LogP contribution >= 0.6 is 0 Å². The Bertz CT molecular complexity index is 274. The van der Waals surface area contributed by atoms with Crippen LogP contribution in [0.25, 0.3) is 0 Å². The molecule has 0 saturated carbocycles. The molecule has 12 heavy (non-hydrogen) atoms. The summed E-state index contributed by atoms with van der Waals surface area (Å²) in [6.07, 6.45) is 3.30. The van der Waals surface area contributed by atoms with Crippen LogP contribution in [0.4, 0.5) is 4.39 Å². The number of halogens is 1. The van der Waals surface area contributed by atoms with Gasteiger partial charge in [0.25, 0.3) is 0 Å². The number of carbonyl (C=O) groups excluding carboxylic acids is 1. The molecule has 0 bridgehead atoms. The Morgan fingerprint density at radius 2 is 1.92 bits per heavy atom. The molecule has 0 N–H and O–H groups in total. The van der Waals surface area contributed by atoms with E-state index in [0.29, 0.717) is 18.3 Å². The first kappa shape index (κ1) is 8.65. The van der Waals surface area contributed by atoms with Gasteiger partial charge in [-0.2, -0.15) is 0 Å². The third-order valence-electron chi connectivity index (χ3n) is 1.56. The third-order valence-corrected chi connectivity index (χ3v) is 1.56. The zero-order valence-corrected chi connectivity index (χ0v) is 6.53. The van der Waals surface area contributed by atoms with E-state index in [0.717, 1.165) is 11.8 Å². The van der Waals surface area contributed by atoms with Crippen molar-refractivity contribution >= 4 is 6.29 Å². The van der Waals surface area contributed by atoms with Gasteiger partial charge >= 0.3 is 0 Å². The molecule has 62 valence electrons. The lowest BCUT2D eigenvalue weighted by Crippen LogP contribution is -1.82. The highest BCUT2D eigenvalue weighted by atomic mass is 19.1. The van der Waals surface area contributed by atoms with Crippen LogP contribution in [-0.2, 0) is 6.42 Å². The fourth-order valence-corrected chi connectivity index (χ4v) is 0.913. The van der Waals surface area contributed by atoms with Crippen LogP contribution in [0.3, 0.4) is 0 Å². The summed E-state index contributed by atoms with van der Waals surface area (Å²) in [6, 6.07) is 7.05. The monoisotopic (exact) mass is 164 g/mol. The minimum atomic E-state index is 0.521. The molecule has 1 aromatic rings. The molecular weight excluding hydrogens is 155 g/mol. The summed E-state index contributed by atoms with van der Waals surface area (Å²) in [7, 11) is 0. The molecule has 0 heterocycles. The smallest absolute Gasteiger partial charge is 0.150 e. The van der Waals surface area contributed by atoms with Crippen molar-refractivity contribution in [2.45, 2.75) is 6.42 Å². The van der Waals surface area contributed by atoms with E-state index in [-0.39, 0.29) is 0 Å². The highest BCUT2D eigenvalue weighted by molar-refractivity contribution is 5.74. The Morgan fingerprint density at radius 3 is 2.42 bits per heavy atom. The lowest BCUT2D eigenvalue weighted by atomic mass is 10.1. The molecule has 1 rings (SSSR count). The molecule has 0 spiro atoms. The Balaban J connectivity index is 2.70. The number of aldehydes is 1. The number of hydrogen-bond donors (Lipinski definition) is 0. The Hall–Kier alpha value is -1.44. The Morgan fingerprint density at radius 1 is 1.25 bits per heavy atom. The van der Waals surface area contributed by atoms with Gasteiger partial charge in [-0.25, -0.2) is 4.39 Å². The summed E-state index contributed by atoms with van der Waals surface area (Å²) in [5.41, 5.74) is 1.64. The predicted octanol–water partition coefficient (Wildman–Crippen LogP) is 2.52. The van der Waals surface area contributed by atoms with E-state index in [1.807, 2.05) is 12.1 Å². The van der Waals surface area contributed by atoms with Gasteiger partial charge in [0.1, 0.15) is 6.29 Å². The molecule has 0 aliphatic heterocycles. The van der Waals surface area contributed by atoms with Crippen molar-refractivity contribution in [1.29, 1.82) is 0 Å². The summed E-state index contributed by atoms with van der Waals surface area (Å²) < 4.78 is 11.6. The van der Waals surface area contributed by atoms with Crippen molar-refractivity contribution in [3.63, 3.8) is 0 Å². The van der Waals surface area contributed by atoms with Crippen molar-refractivity contribution in [1.82, 2.24) is 0 Å². The van der Waals surface area contributed by atoms with E-state index >= 15 is 0 Å². The first-order valence-corrected chi connectivity index (χ1v) is 3.66. The number of carbonyl (C=O) groups is 1. The van der Waals surface area contributed by atoms with Crippen LogP contribution in [0, 0.1) is 0 Å². The van der Waals surface area contributed by atoms with Crippen molar-refractivity contribution in [2.24, 2.45) is 0 Å². The number of hydrogen-bond acceptors (Lipinski definition) is 1. The average Bonchev–Trinajstić information content (AvgIpc) is 2.15. The van der Waals surface area contributed by atoms with E-state index in [4.69, 9.17) is 0 Å². The highest BCUT2D eigenvalue weighted by Crippen LogP contribution is 2.03. The molecular formula is C10H9FO. The van der Waals surface area contributed by atoms with Crippen LogP contribution in [-0.4, -0.2) is 6.29 Å². The molecule has 0 amide bonds. The van der Waals surface area contributed by atoms with Crippen molar-refractivity contribution in [3.05, 3.63) is 47.8 Å². The van der Waals surface area contributed by atoms with Gasteiger partial charge in [-0.3, -0.25) is 4.79 Å². The minimum Gasteiger partial charge on any atom is -0.298 e. The summed E-state index contributed by atoms with van der Waals surface area (Å²) in [6.45, 7) is 0. The molecule has 0 fully saturated rings. The van der Waals surface area contributed by atoms with Gasteiger partial charge in [0.2, 0.25) is 0 Å². The van der Waals surface area contributed by atoms with Crippen LogP contribution in [0.15, 0.2) is 36.7 Å². The van der Waals surface area contributed by atoms with Gasteiger partial charge in [-0.1, -0.05) is 30.3 Å². The van der Waals surface area contributed by atoms with Crippen molar-refractivity contribution < 1.29 is 9.18 Å².